The van der Waals surface area contributed by atoms with Gasteiger partial charge in [0.2, 0.25) is 0 Å². The van der Waals surface area contributed by atoms with Crippen molar-refractivity contribution in [3.8, 4) is 33.8 Å². The maximum absolute atomic E-state index is 13.9. The number of aromatic nitrogens is 3. The summed E-state index contributed by atoms with van der Waals surface area (Å²) in [5, 5.41) is 0. The Morgan fingerprint density at radius 2 is 0.750 bits per heavy atom. The first-order valence-corrected chi connectivity index (χ1v) is 19.1. The fraction of sp³-hybridized carbons (Fsp3) is 0.0667. The van der Waals surface area contributed by atoms with E-state index in [2.05, 4.69) is 46.8 Å². The van der Waals surface area contributed by atoms with Gasteiger partial charge < -0.3 is 14.7 Å². The monoisotopic (exact) mass is 864 g/mol. The van der Waals surface area contributed by atoms with Crippen LogP contribution in [-0.2, 0) is 0 Å². The molecular weight excluding hydrogens is 832 g/mol. The van der Waals surface area contributed by atoms with E-state index in [-0.39, 0.29) is 17.7 Å². The number of benzene rings is 4. The van der Waals surface area contributed by atoms with E-state index in [1.807, 2.05) is 84.9 Å². The molecule has 0 aliphatic carbocycles. The number of amides is 3. The number of nitrogens with zero attached hydrogens (tertiary/aromatic N) is 6. The van der Waals surface area contributed by atoms with Crippen LogP contribution < -0.4 is 14.7 Å². The molecule has 0 aliphatic heterocycles. The maximum Gasteiger partial charge on any atom is 0.259 e. The SMILES string of the molecule is CN(C(=O)c1ccc(-c2ccccc2)nc1)c1cc(N(C)C(=O)c2ccc(-c3cccc(Br)c3)nc2)cc(N(C)C(=O)c2ccc(-c3cccc(Br)c3)nc2)c1. The highest BCUT2D eigenvalue weighted by Gasteiger charge is 2.23. The molecule has 0 bridgehead atoms. The topological polar surface area (TPSA) is 99.6 Å². The highest BCUT2D eigenvalue weighted by molar-refractivity contribution is 9.10. The van der Waals surface area contributed by atoms with E-state index in [1.165, 1.54) is 14.7 Å². The Kier molecular flexibility index (Phi) is 11.3. The molecule has 3 aromatic heterocycles. The standard InChI is InChI=1S/C45H34Br2N6O3/c1-51(43(54)32-15-18-40(48-26-32)29-9-5-4-6-10-29)37-23-38(52(2)44(55)33-16-19-41(49-27-33)30-11-7-13-35(46)21-30)25-39(24-37)53(3)45(56)34-17-20-42(50-28-34)31-12-8-14-36(47)22-31/h4-28H,1-3H3. The van der Waals surface area contributed by atoms with Crippen molar-refractivity contribution in [1.29, 1.82) is 0 Å². The number of halogens is 2. The molecule has 7 aromatic rings. The predicted molar refractivity (Wildman–Crippen MR) is 229 cm³/mol. The van der Waals surface area contributed by atoms with Crippen LogP contribution in [0.3, 0.4) is 0 Å². The first-order chi connectivity index (χ1) is 27.0. The third-order valence-corrected chi connectivity index (χ3v) is 10.3. The lowest BCUT2D eigenvalue weighted by molar-refractivity contribution is 0.0986. The van der Waals surface area contributed by atoms with Crippen molar-refractivity contribution in [2.24, 2.45) is 0 Å². The van der Waals surface area contributed by atoms with Gasteiger partial charge in [-0.3, -0.25) is 29.3 Å². The number of pyridine rings is 3. The number of anilines is 3. The first-order valence-electron chi connectivity index (χ1n) is 17.5. The molecule has 11 heteroatoms. The van der Waals surface area contributed by atoms with Crippen molar-refractivity contribution in [1.82, 2.24) is 15.0 Å². The summed E-state index contributed by atoms with van der Waals surface area (Å²) >= 11 is 7.00. The van der Waals surface area contributed by atoms with Gasteiger partial charge in [0.25, 0.3) is 17.7 Å². The molecule has 0 N–H and O–H groups in total. The fourth-order valence-electron chi connectivity index (χ4n) is 6.07. The highest BCUT2D eigenvalue weighted by Crippen LogP contribution is 2.32. The second kappa shape index (κ2) is 16.6. The average molecular weight is 867 g/mol. The highest BCUT2D eigenvalue weighted by atomic mass is 79.9. The summed E-state index contributed by atoms with van der Waals surface area (Å²) in [7, 11) is 4.94. The van der Waals surface area contributed by atoms with Gasteiger partial charge in [-0.1, -0.05) is 86.5 Å². The van der Waals surface area contributed by atoms with Crippen LogP contribution in [-0.4, -0.2) is 53.8 Å². The molecule has 4 aromatic carbocycles. The summed E-state index contributed by atoms with van der Waals surface area (Å²) in [5.74, 6) is -0.961. The van der Waals surface area contributed by atoms with Crippen LogP contribution in [0.4, 0.5) is 17.1 Å². The van der Waals surface area contributed by atoms with E-state index in [0.29, 0.717) is 33.8 Å². The Hall–Kier alpha value is -6.30. The zero-order chi connectivity index (χ0) is 39.3. The van der Waals surface area contributed by atoms with E-state index < -0.39 is 0 Å². The van der Waals surface area contributed by atoms with Gasteiger partial charge in [0.05, 0.1) is 33.8 Å². The number of carbonyl (C=O) groups excluding carboxylic acids is 3. The van der Waals surface area contributed by atoms with E-state index in [1.54, 1.807) is 88.3 Å². The molecule has 276 valence electrons. The van der Waals surface area contributed by atoms with Gasteiger partial charge in [-0.15, -0.1) is 0 Å². The van der Waals surface area contributed by atoms with E-state index in [0.717, 1.165) is 42.7 Å². The number of hydrogen-bond acceptors (Lipinski definition) is 6. The Labute approximate surface area is 341 Å². The van der Waals surface area contributed by atoms with Crippen LogP contribution in [0.5, 0.6) is 0 Å². The minimum atomic E-state index is -0.322. The Balaban J connectivity index is 1.20. The average Bonchev–Trinajstić information content (AvgIpc) is 3.25. The van der Waals surface area contributed by atoms with Crippen LogP contribution in [0.1, 0.15) is 31.1 Å². The van der Waals surface area contributed by atoms with Gasteiger partial charge in [-0.2, -0.15) is 0 Å². The number of carbonyl (C=O) groups is 3. The lowest BCUT2D eigenvalue weighted by atomic mass is 10.1. The van der Waals surface area contributed by atoms with Crippen LogP contribution in [0.25, 0.3) is 33.8 Å². The minimum Gasteiger partial charge on any atom is -0.311 e. The molecular formula is C45H34Br2N6O3. The summed E-state index contributed by atoms with van der Waals surface area (Å²) in [5.41, 5.74) is 7.43. The summed E-state index contributed by atoms with van der Waals surface area (Å²) in [4.78, 5) is 59.9. The second-order valence-corrected chi connectivity index (χ2v) is 14.8. The second-order valence-electron chi connectivity index (χ2n) is 13.0. The molecule has 9 nitrogen and oxygen atoms in total. The lowest BCUT2D eigenvalue weighted by Crippen LogP contribution is -2.31. The van der Waals surface area contributed by atoms with E-state index >= 15 is 0 Å². The van der Waals surface area contributed by atoms with Crippen molar-refractivity contribution in [2.75, 3.05) is 35.8 Å². The third kappa shape index (κ3) is 8.34. The number of hydrogen-bond donors (Lipinski definition) is 0. The van der Waals surface area contributed by atoms with Crippen LogP contribution in [0.2, 0.25) is 0 Å². The van der Waals surface area contributed by atoms with Crippen molar-refractivity contribution >= 4 is 66.6 Å². The molecule has 56 heavy (non-hydrogen) atoms. The molecule has 0 spiro atoms. The molecule has 7 rings (SSSR count). The molecule has 0 aliphatic rings. The zero-order valence-corrected chi connectivity index (χ0v) is 33.8. The van der Waals surface area contributed by atoms with Crippen LogP contribution in [0, 0.1) is 0 Å². The molecule has 0 atom stereocenters. The van der Waals surface area contributed by atoms with E-state index in [4.69, 9.17) is 0 Å². The molecule has 3 heterocycles. The van der Waals surface area contributed by atoms with Gasteiger partial charge in [0, 0.05) is 82.4 Å². The first kappa shape index (κ1) is 38.0. The van der Waals surface area contributed by atoms with Crippen molar-refractivity contribution in [3.05, 3.63) is 178 Å². The summed E-state index contributed by atoms with van der Waals surface area (Å²) in [6.07, 6.45) is 4.64. The zero-order valence-electron chi connectivity index (χ0n) is 30.6. The summed E-state index contributed by atoms with van der Waals surface area (Å²) < 4.78 is 1.85. The van der Waals surface area contributed by atoms with Crippen molar-refractivity contribution in [3.63, 3.8) is 0 Å². The van der Waals surface area contributed by atoms with Gasteiger partial charge in [0.1, 0.15) is 0 Å². The smallest absolute Gasteiger partial charge is 0.259 e. The number of rotatable bonds is 9. The molecule has 0 unspecified atom stereocenters. The van der Waals surface area contributed by atoms with Gasteiger partial charge in [-0.05, 0) is 78.9 Å². The fourth-order valence-corrected chi connectivity index (χ4v) is 6.87. The molecule has 0 saturated heterocycles. The summed E-state index contributed by atoms with van der Waals surface area (Å²) in [6, 6.07) is 41.1. The molecule has 0 fully saturated rings. The molecule has 3 amide bonds. The van der Waals surface area contributed by atoms with Gasteiger partial charge >= 0.3 is 0 Å². The Morgan fingerprint density at radius 1 is 0.411 bits per heavy atom. The quantitative estimate of drug-likeness (QED) is 0.143. The summed E-state index contributed by atoms with van der Waals surface area (Å²) in [6.45, 7) is 0. The Bertz CT molecular complexity index is 2420. The lowest BCUT2D eigenvalue weighted by Gasteiger charge is -2.26. The van der Waals surface area contributed by atoms with Crippen molar-refractivity contribution < 1.29 is 14.4 Å². The molecule has 0 radical (unpaired) electrons. The third-order valence-electron chi connectivity index (χ3n) is 9.30. The van der Waals surface area contributed by atoms with Crippen LogP contribution in [0.15, 0.2) is 161 Å². The van der Waals surface area contributed by atoms with Crippen LogP contribution >= 0.6 is 31.9 Å². The van der Waals surface area contributed by atoms with E-state index in [9.17, 15) is 14.4 Å². The largest absolute Gasteiger partial charge is 0.311 e. The van der Waals surface area contributed by atoms with Crippen molar-refractivity contribution in [2.45, 2.75) is 0 Å². The van der Waals surface area contributed by atoms with Gasteiger partial charge in [-0.25, -0.2) is 0 Å². The normalized spacial score (nSPS) is 10.8. The minimum absolute atomic E-state index is 0.317. The predicted octanol–water partition coefficient (Wildman–Crippen LogP) is 10.2. The maximum atomic E-state index is 13.9. The van der Waals surface area contributed by atoms with Gasteiger partial charge in [0.15, 0.2) is 0 Å². The Morgan fingerprint density at radius 3 is 1.07 bits per heavy atom. The molecule has 0 saturated carbocycles.